The Morgan fingerprint density at radius 1 is 0.654 bits per heavy atom. The highest BCUT2D eigenvalue weighted by Crippen LogP contribution is 2.49. The maximum atomic E-state index is 14.6. The fraction of sp³-hybridized carbons (Fsp3) is 0.590. The molecule has 2 saturated heterocycles. The Morgan fingerprint density at radius 3 is 1.52 bits per heavy atom. The molecule has 0 aliphatic carbocycles. The second-order valence-corrected chi connectivity index (χ2v) is 27.6. The first-order valence-corrected chi connectivity index (χ1v) is 32.1. The summed E-state index contributed by atoms with van der Waals surface area (Å²) in [5.41, 5.74) is 5.06. The van der Waals surface area contributed by atoms with Crippen LogP contribution in [0.5, 0.6) is 23.0 Å². The van der Waals surface area contributed by atoms with Crippen LogP contribution in [0, 0.1) is 0 Å². The molecule has 2 aromatic rings. The van der Waals surface area contributed by atoms with Crippen LogP contribution in [-0.4, -0.2) is 159 Å². The topological polar surface area (TPSA) is 236 Å². The Balaban J connectivity index is 1.01. The molecule has 0 radical (unpaired) electrons. The van der Waals surface area contributed by atoms with Gasteiger partial charge in [0.1, 0.15) is 40.2 Å². The van der Waals surface area contributed by atoms with Gasteiger partial charge in [-0.15, -0.1) is 22.4 Å². The highest BCUT2D eigenvalue weighted by Gasteiger charge is 2.48. The Bertz CT molecular complexity index is 2850. The highest BCUT2D eigenvalue weighted by atomic mass is 32.2. The van der Waals surface area contributed by atoms with Crippen molar-refractivity contribution in [1.82, 2.24) is 19.6 Å². The maximum Gasteiger partial charge on any atom is 0.415 e. The molecule has 0 saturated carbocycles. The van der Waals surface area contributed by atoms with Crippen LogP contribution in [-0.2, 0) is 30.7 Å². The fourth-order valence-corrected chi connectivity index (χ4v) is 14.0. The number of ether oxygens (including phenoxy) is 4. The Morgan fingerprint density at radius 2 is 1.09 bits per heavy atom. The van der Waals surface area contributed by atoms with Crippen molar-refractivity contribution in [3.63, 3.8) is 0 Å². The first-order valence-electron chi connectivity index (χ1n) is 28.8. The van der Waals surface area contributed by atoms with E-state index in [9.17, 15) is 48.4 Å². The molecule has 81 heavy (non-hydrogen) atoms. The minimum Gasteiger partial charge on any atom is -0.484 e. The fourth-order valence-electron chi connectivity index (χ4n) is 11.6. The van der Waals surface area contributed by atoms with E-state index in [1.165, 1.54) is 49.1 Å². The van der Waals surface area contributed by atoms with E-state index in [0.717, 1.165) is 25.7 Å². The molecule has 2 aromatic carbocycles. The number of carbonyl (C=O) groups excluding carboxylic acids is 4. The lowest BCUT2D eigenvalue weighted by molar-refractivity contribution is -0.142. The van der Waals surface area contributed by atoms with Gasteiger partial charge in [0.2, 0.25) is 0 Å². The number of thiol groups is 2. The lowest BCUT2D eigenvalue weighted by atomic mass is 9.84. The van der Waals surface area contributed by atoms with Crippen LogP contribution >= 0.6 is 22.4 Å². The molecular formula is C61H86N4O14S2. The van der Waals surface area contributed by atoms with Gasteiger partial charge in [-0.2, -0.15) is 0 Å². The molecule has 18 nitrogen and oxygen atoms in total. The number of nitrogens with zero attached hydrogens (tertiary/aromatic N) is 4. The van der Waals surface area contributed by atoms with Gasteiger partial charge in [0.25, 0.3) is 11.8 Å². The van der Waals surface area contributed by atoms with E-state index in [0.29, 0.717) is 103 Å². The molecule has 6 aliphatic heterocycles. The number of allylic oxidation sites excluding steroid dienone is 8. The standard InChI is InChI=1S/C61H86N4O14S2/c1-38(2)14-9-16-40(5)18-11-21-60(7)51(66)34-44-49(76-58(72)62-24-28-80(74)29-25-62)32-42-46(53(44)78-60)36-64(55(42)68)23-13-20-48(57(70)71)65-37-47-43(56(65)69)33-50(77-59(73)63-26-30-81(75)31-27-63)45-35-52(67)61(8,79-54(45)47)22-12-19-41(6)17-10-15-39(3)4/h14-15,18-19,32-33,48,51-52,66-67,74-75,80-81H,9-13,16-17,20-31,34-37H2,1-8H3,(H,70,71)/b40-18+,41-19+/t48-,51-,52-,60+,61+/m0/s1. The van der Waals surface area contributed by atoms with Crippen molar-refractivity contribution >= 4 is 52.3 Å². The Labute approximate surface area is 482 Å². The largest absolute Gasteiger partial charge is 0.484 e. The third-order valence-corrected chi connectivity index (χ3v) is 19.8. The lowest BCUT2D eigenvalue weighted by Crippen LogP contribution is -2.49. The van der Waals surface area contributed by atoms with E-state index in [1.54, 1.807) is 4.90 Å². The van der Waals surface area contributed by atoms with Crippen LogP contribution in [0.2, 0.25) is 0 Å². The summed E-state index contributed by atoms with van der Waals surface area (Å²) >= 11 is -2.33. The number of aliphatic hydroxyl groups is 2. The summed E-state index contributed by atoms with van der Waals surface area (Å²) in [5, 5.41) is 34.4. The zero-order valence-corrected chi connectivity index (χ0v) is 50.3. The zero-order valence-electron chi connectivity index (χ0n) is 48.6. The number of aliphatic hydroxyl groups excluding tert-OH is 2. The number of fused-ring (bicyclic) bond motifs is 6. The summed E-state index contributed by atoms with van der Waals surface area (Å²) in [6.07, 6.45) is 11.5. The Kier molecular flexibility index (Phi) is 20.0. The monoisotopic (exact) mass is 1160 g/mol. The van der Waals surface area contributed by atoms with Gasteiger partial charge in [-0.3, -0.25) is 9.59 Å². The van der Waals surface area contributed by atoms with Gasteiger partial charge in [0.15, 0.2) is 0 Å². The Hall–Kier alpha value is -5.51. The van der Waals surface area contributed by atoms with Crippen molar-refractivity contribution in [2.75, 3.05) is 55.7 Å². The summed E-state index contributed by atoms with van der Waals surface area (Å²) in [4.78, 5) is 75.6. The molecule has 0 unspecified atom stereocenters. The van der Waals surface area contributed by atoms with Gasteiger partial charge in [-0.05, 0) is 132 Å². The van der Waals surface area contributed by atoms with Gasteiger partial charge >= 0.3 is 18.2 Å². The predicted molar refractivity (Wildman–Crippen MR) is 317 cm³/mol. The van der Waals surface area contributed by atoms with E-state index >= 15 is 0 Å². The molecule has 0 aromatic heterocycles. The first kappa shape index (κ1) is 61.6. The van der Waals surface area contributed by atoms with E-state index in [-0.39, 0.29) is 79.6 Å². The SMILES string of the molecule is CC(C)=CCC/C(C)=C/CC[C@@]1(C)Oc2c(c(OC(=O)N3CC[SH](O)CC3)cc3c2CN(CCC[C@@H](C(=O)O)N2Cc4c(cc(OC(=O)N5CC[SH](O)CC5)c5c4O[C@](C)(CC/C=C(\C)CCC=C(C)C)[C@@H](O)C5)C2=O)C3=O)C[C@@H]1O. The number of rotatable bonds is 20. The minimum absolute atomic E-state index is 0.0347. The van der Waals surface area contributed by atoms with Crippen molar-refractivity contribution in [3.8, 4) is 23.0 Å². The van der Waals surface area contributed by atoms with Crippen molar-refractivity contribution in [2.24, 2.45) is 0 Å². The quantitative estimate of drug-likeness (QED) is 0.0483. The third-order valence-electron chi connectivity index (χ3n) is 16.9. The molecule has 6 aliphatic rings. The summed E-state index contributed by atoms with van der Waals surface area (Å²) in [6, 6.07) is 1.66. The highest BCUT2D eigenvalue weighted by molar-refractivity contribution is 8.12. The lowest BCUT2D eigenvalue weighted by Gasteiger charge is -2.41. The van der Waals surface area contributed by atoms with Crippen LogP contribution in [0.4, 0.5) is 9.59 Å². The van der Waals surface area contributed by atoms with Gasteiger partial charge in [-0.25, -0.2) is 14.4 Å². The van der Waals surface area contributed by atoms with Crippen LogP contribution in [0.15, 0.2) is 58.7 Å². The number of benzene rings is 2. The predicted octanol–water partition coefficient (Wildman–Crippen LogP) is 10.2. The molecule has 5 N–H and O–H groups in total. The van der Waals surface area contributed by atoms with Gasteiger partial charge in [0, 0.05) is 90.8 Å². The van der Waals surface area contributed by atoms with Gasteiger partial charge in [-0.1, -0.05) is 46.6 Å². The van der Waals surface area contributed by atoms with Crippen LogP contribution in [0.25, 0.3) is 0 Å². The average molecular weight is 1160 g/mol. The zero-order chi connectivity index (χ0) is 58.5. The number of hydrogen-bond donors (Lipinski definition) is 7. The van der Waals surface area contributed by atoms with Crippen LogP contribution in [0.3, 0.4) is 0 Å². The van der Waals surface area contributed by atoms with Crippen LogP contribution < -0.4 is 18.9 Å². The van der Waals surface area contributed by atoms with E-state index < -0.39 is 75.9 Å². The second-order valence-electron chi connectivity index (χ2n) is 23.8. The smallest absolute Gasteiger partial charge is 0.415 e. The molecule has 0 spiro atoms. The molecule has 20 heteroatoms. The number of carbonyl (C=O) groups is 5. The van der Waals surface area contributed by atoms with Gasteiger partial charge in [0.05, 0.1) is 36.4 Å². The number of carboxylic acid groups (broad SMARTS) is 1. The molecule has 6 heterocycles. The first-order chi connectivity index (χ1) is 38.4. The van der Waals surface area contributed by atoms with E-state index in [4.69, 9.17) is 18.9 Å². The second kappa shape index (κ2) is 26.4. The maximum absolute atomic E-state index is 14.6. The summed E-state index contributed by atoms with van der Waals surface area (Å²) in [5.74, 6) is 0.415. The average Bonchev–Trinajstić information content (AvgIpc) is 3.78. The summed E-state index contributed by atoms with van der Waals surface area (Å²) in [7, 11) is 0. The molecule has 446 valence electrons. The molecular weight excluding hydrogens is 1080 g/mol. The molecule has 8 rings (SSSR count). The van der Waals surface area contributed by atoms with E-state index in [1.807, 2.05) is 13.8 Å². The summed E-state index contributed by atoms with van der Waals surface area (Å²) < 4.78 is 46.0. The van der Waals surface area contributed by atoms with Crippen LogP contribution in [0.1, 0.15) is 163 Å². The number of carboxylic acids is 1. The summed E-state index contributed by atoms with van der Waals surface area (Å²) in [6.45, 7) is 17.5. The molecule has 4 amide bonds. The normalized spacial score (nSPS) is 23.9. The van der Waals surface area contributed by atoms with E-state index in [2.05, 4.69) is 65.8 Å². The van der Waals surface area contributed by atoms with Crippen molar-refractivity contribution in [3.05, 3.63) is 92.1 Å². The third kappa shape index (κ3) is 14.5. The molecule has 5 atom stereocenters. The van der Waals surface area contributed by atoms with Gasteiger partial charge < -0.3 is 63.0 Å². The van der Waals surface area contributed by atoms with Crippen molar-refractivity contribution in [1.29, 1.82) is 0 Å². The number of aliphatic carboxylic acids is 1. The number of amides is 4. The molecule has 0 bridgehead atoms. The minimum atomic E-state index is -1.33. The van der Waals surface area contributed by atoms with Crippen molar-refractivity contribution < 1.29 is 67.3 Å². The molecule has 2 fully saturated rings. The number of hydrogen-bond acceptors (Lipinski definition) is 13. The van der Waals surface area contributed by atoms with Crippen molar-refractivity contribution in [2.45, 2.75) is 175 Å².